The first-order chi connectivity index (χ1) is 7.67. The lowest BCUT2D eigenvalue weighted by molar-refractivity contribution is 0.474. The molecule has 82 valence electrons. The number of benzene rings is 1. The van der Waals surface area contributed by atoms with Gasteiger partial charge in [0.05, 0.1) is 0 Å². The average Bonchev–Trinajstić information content (AvgIpc) is 2.81. The van der Waals surface area contributed by atoms with E-state index < -0.39 is 0 Å². The minimum absolute atomic E-state index is 0.172. The molecule has 0 amide bonds. The van der Waals surface area contributed by atoms with Crippen molar-refractivity contribution in [1.82, 2.24) is 0 Å². The van der Waals surface area contributed by atoms with Crippen molar-refractivity contribution >= 4 is 11.3 Å². The maximum absolute atomic E-state index is 6.55. The number of hydrogen-bond acceptors (Lipinski definition) is 2. The van der Waals surface area contributed by atoms with Crippen LogP contribution in [-0.2, 0) is 18.4 Å². The number of aryl methyl sites for hydroxylation is 1. The summed E-state index contributed by atoms with van der Waals surface area (Å²) in [6.07, 6.45) is 1.94. The Balaban J connectivity index is 2.00. The van der Waals surface area contributed by atoms with Crippen LogP contribution in [0.15, 0.2) is 35.7 Å². The van der Waals surface area contributed by atoms with Gasteiger partial charge in [0, 0.05) is 10.4 Å². The smallest absolute Gasteiger partial charge is 0.0499 e. The number of rotatable bonds is 1. The topological polar surface area (TPSA) is 26.0 Å². The molecule has 1 aromatic heterocycles. The van der Waals surface area contributed by atoms with E-state index in [9.17, 15) is 0 Å². The third-order valence-electron chi connectivity index (χ3n) is 3.44. The molecular weight excluding hydrogens is 214 g/mol. The van der Waals surface area contributed by atoms with Crippen LogP contribution in [0.3, 0.4) is 0 Å². The van der Waals surface area contributed by atoms with Gasteiger partial charge in [-0.05, 0) is 47.9 Å². The first-order valence-electron chi connectivity index (χ1n) is 5.59. The fourth-order valence-electron chi connectivity index (χ4n) is 2.55. The number of hydrogen-bond donors (Lipinski definition) is 1. The lowest BCUT2D eigenvalue weighted by Crippen LogP contribution is -2.36. The average molecular weight is 229 g/mol. The van der Waals surface area contributed by atoms with Crippen molar-refractivity contribution in [1.29, 1.82) is 0 Å². The van der Waals surface area contributed by atoms with Crippen LogP contribution in [0, 0.1) is 6.92 Å². The van der Waals surface area contributed by atoms with Crippen LogP contribution in [0.25, 0.3) is 0 Å². The second-order valence-electron chi connectivity index (χ2n) is 4.72. The summed E-state index contributed by atoms with van der Waals surface area (Å²) in [6, 6.07) is 10.8. The maximum Gasteiger partial charge on any atom is 0.0499 e. The standard InChI is InChI=1S/C14H15NS/c1-10-6-13(9-16-10)14(15)7-11-4-2-3-5-12(11)8-14/h2-6,9H,7-8,15H2,1H3. The van der Waals surface area contributed by atoms with Crippen LogP contribution in [0.2, 0.25) is 0 Å². The zero-order chi connectivity index (χ0) is 11.2. The van der Waals surface area contributed by atoms with Gasteiger partial charge >= 0.3 is 0 Å². The van der Waals surface area contributed by atoms with Crippen molar-refractivity contribution in [2.24, 2.45) is 5.73 Å². The molecule has 1 nitrogen and oxygen atoms in total. The number of nitrogens with two attached hydrogens (primary N) is 1. The Labute approximate surface area is 99.9 Å². The van der Waals surface area contributed by atoms with E-state index in [1.54, 1.807) is 11.3 Å². The minimum atomic E-state index is -0.172. The van der Waals surface area contributed by atoms with Gasteiger partial charge in [0.1, 0.15) is 0 Å². The van der Waals surface area contributed by atoms with Crippen LogP contribution in [0.4, 0.5) is 0 Å². The highest BCUT2D eigenvalue weighted by atomic mass is 32.1. The third kappa shape index (κ3) is 1.49. The van der Waals surface area contributed by atoms with Crippen LogP contribution < -0.4 is 5.73 Å². The summed E-state index contributed by atoms with van der Waals surface area (Å²) in [6.45, 7) is 2.14. The van der Waals surface area contributed by atoms with E-state index in [2.05, 4.69) is 42.6 Å². The molecule has 0 spiro atoms. The predicted octanol–water partition coefficient (Wildman–Crippen LogP) is 3.01. The molecule has 0 fully saturated rings. The van der Waals surface area contributed by atoms with Crippen LogP contribution in [0.1, 0.15) is 21.6 Å². The van der Waals surface area contributed by atoms with E-state index in [4.69, 9.17) is 5.73 Å². The Hall–Kier alpha value is -1.12. The molecule has 0 unspecified atom stereocenters. The Morgan fingerprint density at radius 3 is 2.31 bits per heavy atom. The van der Waals surface area contributed by atoms with Crippen molar-refractivity contribution in [3.8, 4) is 0 Å². The van der Waals surface area contributed by atoms with E-state index in [0.29, 0.717) is 0 Å². The summed E-state index contributed by atoms with van der Waals surface area (Å²) in [5.74, 6) is 0. The maximum atomic E-state index is 6.55. The van der Waals surface area contributed by atoms with Gasteiger partial charge in [0.15, 0.2) is 0 Å². The van der Waals surface area contributed by atoms with Gasteiger partial charge in [-0.1, -0.05) is 24.3 Å². The first-order valence-corrected chi connectivity index (χ1v) is 6.47. The molecule has 2 N–H and O–H groups in total. The molecule has 0 aliphatic heterocycles. The summed E-state index contributed by atoms with van der Waals surface area (Å²) >= 11 is 1.79. The molecule has 0 saturated carbocycles. The first kappa shape index (κ1) is 10.1. The Morgan fingerprint density at radius 1 is 1.19 bits per heavy atom. The minimum Gasteiger partial charge on any atom is -0.321 e. The second-order valence-corrected chi connectivity index (χ2v) is 5.84. The number of thiophene rings is 1. The lowest BCUT2D eigenvalue weighted by atomic mass is 9.90. The van der Waals surface area contributed by atoms with E-state index in [-0.39, 0.29) is 5.54 Å². The predicted molar refractivity (Wildman–Crippen MR) is 68.8 cm³/mol. The molecule has 1 aliphatic carbocycles. The normalized spacial score (nSPS) is 17.4. The summed E-state index contributed by atoms with van der Waals surface area (Å²) < 4.78 is 0. The van der Waals surface area contributed by atoms with Crippen molar-refractivity contribution in [3.05, 3.63) is 57.3 Å². The Bertz CT molecular complexity index is 502. The van der Waals surface area contributed by atoms with Crippen LogP contribution >= 0.6 is 11.3 Å². The molecule has 1 heterocycles. The number of fused-ring (bicyclic) bond motifs is 1. The molecule has 1 aliphatic rings. The molecular formula is C14H15NS. The van der Waals surface area contributed by atoms with Gasteiger partial charge in [0.25, 0.3) is 0 Å². The highest BCUT2D eigenvalue weighted by Crippen LogP contribution is 2.37. The summed E-state index contributed by atoms with van der Waals surface area (Å²) in [4.78, 5) is 1.34. The molecule has 2 aromatic rings. The fourth-order valence-corrected chi connectivity index (χ4v) is 3.36. The van der Waals surface area contributed by atoms with E-state index >= 15 is 0 Å². The van der Waals surface area contributed by atoms with E-state index in [1.807, 2.05) is 0 Å². The Kier molecular flexibility index (Phi) is 2.16. The van der Waals surface area contributed by atoms with Gasteiger partial charge in [0.2, 0.25) is 0 Å². The van der Waals surface area contributed by atoms with Crippen LogP contribution in [0.5, 0.6) is 0 Å². The summed E-state index contributed by atoms with van der Waals surface area (Å²) in [5, 5.41) is 2.21. The second kappa shape index (κ2) is 3.44. The largest absolute Gasteiger partial charge is 0.321 e. The quantitative estimate of drug-likeness (QED) is 0.799. The van der Waals surface area contributed by atoms with E-state index in [1.165, 1.54) is 21.6 Å². The lowest BCUT2D eigenvalue weighted by Gasteiger charge is -2.22. The van der Waals surface area contributed by atoms with Crippen molar-refractivity contribution < 1.29 is 0 Å². The molecule has 0 saturated heterocycles. The highest BCUT2D eigenvalue weighted by Gasteiger charge is 2.35. The summed E-state index contributed by atoms with van der Waals surface area (Å²) in [7, 11) is 0. The monoisotopic (exact) mass is 229 g/mol. The van der Waals surface area contributed by atoms with Crippen LogP contribution in [-0.4, -0.2) is 0 Å². The van der Waals surface area contributed by atoms with Gasteiger partial charge in [-0.15, -0.1) is 11.3 Å². The van der Waals surface area contributed by atoms with Gasteiger partial charge < -0.3 is 5.73 Å². The summed E-state index contributed by atoms with van der Waals surface area (Å²) in [5.41, 5.74) is 10.5. The van der Waals surface area contributed by atoms with Crippen molar-refractivity contribution in [3.63, 3.8) is 0 Å². The Morgan fingerprint density at radius 2 is 1.81 bits per heavy atom. The molecule has 16 heavy (non-hydrogen) atoms. The fraction of sp³-hybridized carbons (Fsp3) is 0.286. The highest BCUT2D eigenvalue weighted by molar-refractivity contribution is 7.10. The molecule has 2 heteroatoms. The van der Waals surface area contributed by atoms with Crippen molar-refractivity contribution in [2.45, 2.75) is 25.3 Å². The van der Waals surface area contributed by atoms with Gasteiger partial charge in [-0.3, -0.25) is 0 Å². The zero-order valence-corrected chi connectivity index (χ0v) is 10.2. The molecule has 3 rings (SSSR count). The SMILES string of the molecule is Cc1cc(C2(N)Cc3ccccc3C2)cs1. The zero-order valence-electron chi connectivity index (χ0n) is 9.36. The molecule has 0 atom stereocenters. The van der Waals surface area contributed by atoms with E-state index in [0.717, 1.165) is 12.8 Å². The molecule has 0 bridgehead atoms. The third-order valence-corrected chi connectivity index (χ3v) is 4.30. The van der Waals surface area contributed by atoms with Gasteiger partial charge in [-0.2, -0.15) is 0 Å². The van der Waals surface area contributed by atoms with Crippen molar-refractivity contribution in [2.75, 3.05) is 0 Å². The molecule has 0 radical (unpaired) electrons. The van der Waals surface area contributed by atoms with Gasteiger partial charge in [-0.25, -0.2) is 0 Å². The molecule has 1 aromatic carbocycles.